The highest BCUT2D eigenvalue weighted by molar-refractivity contribution is 6.42. The van der Waals surface area contributed by atoms with Crippen LogP contribution in [0.1, 0.15) is 42.2 Å². The average molecular weight is 429 g/mol. The van der Waals surface area contributed by atoms with E-state index in [0.29, 0.717) is 28.5 Å². The Labute approximate surface area is 180 Å². The number of rotatable bonds is 3. The lowest BCUT2D eigenvalue weighted by Gasteiger charge is -2.42. The van der Waals surface area contributed by atoms with Gasteiger partial charge in [0.1, 0.15) is 0 Å². The summed E-state index contributed by atoms with van der Waals surface area (Å²) in [4.78, 5) is 26.5. The van der Waals surface area contributed by atoms with Gasteiger partial charge in [0, 0.05) is 44.1 Å². The van der Waals surface area contributed by atoms with Gasteiger partial charge in [-0.25, -0.2) is 10.0 Å². The number of hydrogen-bond acceptors (Lipinski definition) is 3. The van der Waals surface area contributed by atoms with Crippen LogP contribution in [0.15, 0.2) is 59.8 Å². The molecule has 0 spiro atoms. The number of hydrazine groups is 1. The number of allylic oxidation sites excluding steroid dienone is 2. The number of amides is 1. The summed E-state index contributed by atoms with van der Waals surface area (Å²) in [6.45, 7) is 0. The first kappa shape index (κ1) is 20.1. The summed E-state index contributed by atoms with van der Waals surface area (Å²) in [5, 5.41) is 4.25. The lowest BCUT2D eigenvalue weighted by atomic mass is 9.73. The molecule has 0 aromatic heterocycles. The molecule has 29 heavy (non-hydrogen) atoms. The van der Waals surface area contributed by atoms with E-state index >= 15 is 0 Å². The third kappa shape index (κ3) is 3.61. The van der Waals surface area contributed by atoms with Crippen LogP contribution in [0, 0.1) is 0 Å². The van der Waals surface area contributed by atoms with Crippen LogP contribution in [0.4, 0.5) is 0 Å². The van der Waals surface area contributed by atoms with E-state index in [-0.39, 0.29) is 29.9 Å². The molecule has 0 N–H and O–H groups in total. The van der Waals surface area contributed by atoms with E-state index < -0.39 is 0 Å². The van der Waals surface area contributed by atoms with Gasteiger partial charge in [-0.1, -0.05) is 65.7 Å². The Balaban J connectivity index is 1.85. The molecule has 1 heterocycles. The first-order valence-corrected chi connectivity index (χ1v) is 10.4. The van der Waals surface area contributed by atoms with Gasteiger partial charge in [0.2, 0.25) is 5.91 Å². The molecule has 0 radical (unpaired) electrons. The van der Waals surface area contributed by atoms with Crippen LogP contribution in [-0.2, 0) is 9.59 Å². The molecule has 1 aliphatic heterocycles. The van der Waals surface area contributed by atoms with Crippen LogP contribution in [0.3, 0.4) is 0 Å². The standard InChI is InChI=1S/C23H22Cl2N2O2/c1-26(2)27-19-11-15(14-7-4-3-5-8-14)12-20(28)22(19)17(13-21(27)29)16-9-6-10-18(24)23(16)25/h3-10,15,17H,11-13H2,1-2H3/t15-,17-/m1/s1. The number of ketones is 1. The van der Waals surface area contributed by atoms with Crippen molar-refractivity contribution in [2.75, 3.05) is 14.1 Å². The van der Waals surface area contributed by atoms with Crippen LogP contribution in [0.5, 0.6) is 0 Å². The fourth-order valence-corrected chi connectivity index (χ4v) is 4.94. The zero-order valence-electron chi connectivity index (χ0n) is 16.4. The largest absolute Gasteiger partial charge is 0.294 e. The number of carbonyl (C=O) groups excluding carboxylic acids is 2. The molecule has 0 fully saturated rings. The summed E-state index contributed by atoms with van der Waals surface area (Å²) in [5.41, 5.74) is 3.32. The number of halogens is 2. The summed E-state index contributed by atoms with van der Waals surface area (Å²) >= 11 is 12.7. The number of nitrogens with zero attached hydrogens (tertiary/aromatic N) is 2. The third-order valence-corrected chi connectivity index (χ3v) is 6.56. The van der Waals surface area contributed by atoms with Gasteiger partial charge in [-0.15, -0.1) is 0 Å². The van der Waals surface area contributed by atoms with Gasteiger partial charge in [-0.3, -0.25) is 9.59 Å². The molecule has 1 aliphatic carbocycles. The lowest BCUT2D eigenvalue weighted by molar-refractivity contribution is -0.143. The van der Waals surface area contributed by atoms with Gasteiger partial charge in [-0.2, -0.15) is 0 Å². The number of hydrogen-bond donors (Lipinski definition) is 0. The Hall–Kier alpha value is -2.14. The van der Waals surface area contributed by atoms with E-state index in [2.05, 4.69) is 0 Å². The van der Waals surface area contributed by atoms with Crippen LogP contribution in [0.25, 0.3) is 0 Å². The predicted octanol–water partition coefficient (Wildman–Crippen LogP) is 5.19. The third-order valence-electron chi connectivity index (χ3n) is 5.73. The van der Waals surface area contributed by atoms with Gasteiger partial charge in [-0.05, 0) is 29.5 Å². The summed E-state index contributed by atoms with van der Waals surface area (Å²) < 4.78 is 0. The highest BCUT2D eigenvalue weighted by atomic mass is 35.5. The van der Waals surface area contributed by atoms with Gasteiger partial charge in [0.25, 0.3) is 0 Å². The normalized spacial score (nSPS) is 22.3. The van der Waals surface area contributed by atoms with Gasteiger partial charge < -0.3 is 0 Å². The maximum atomic E-state index is 13.4. The second-order valence-corrected chi connectivity index (χ2v) is 8.54. The summed E-state index contributed by atoms with van der Waals surface area (Å²) in [6, 6.07) is 15.4. The average Bonchev–Trinajstić information content (AvgIpc) is 2.69. The zero-order valence-corrected chi connectivity index (χ0v) is 17.9. The van der Waals surface area contributed by atoms with Gasteiger partial charge in [0.15, 0.2) is 5.78 Å². The number of benzene rings is 2. The van der Waals surface area contributed by atoms with Crippen molar-refractivity contribution >= 4 is 34.9 Å². The van der Waals surface area contributed by atoms with E-state index in [1.807, 2.05) is 56.6 Å². The molecular formula is C23H22Cl2N2O2. The molecule has 0 saturated heterocycles. The highest BCUT2D eigenvalue weighted by Crippen LogP contribution is 2.47. The molecule has 1 amide bonds. The molecule has 0 unspecified atom stereocenters. The fraction of sp³-hybridized carbons (Fsp3) is 0.304. The topological polar surface area (TPSA) is 40.6 Å². The predicted molar refractivity (Wildman–Crippen MR) is 115 cm³/mol. The number of carbonyl (C=O) groups is 2. The van der Waals surface area contributed by atoms with Crippen LogP contribution in [0.2, 0.25) is 10.0 Å². The summed E-state index contributed by atoms with van der Waals surface area (Å²) in [7, 11) is 3.65. The molecule has 2 aliphatic rings. The Morgan fingerprint density at radius 3 is 2.34 bits per heavy atom. The van der Waals surface area contributed by atoms with E-state index in [4.69, 9.17) is 23.2 Å². The van der Waals surface area contributed by atoms with Crippen molar-refractivity contribution in [2.45, 2.75) is 31.1 Å². The minimum atomic E-state index is -0.371. The van der Waals surface area contributed by atoms with Crippen molar-refractivity contribution in [3.05, 3.63) is 81.0 Å². The molecule has 0 saturated carbocycles. The SMILES string of the molecule is CN(C)N1C(=O)C[C@H](c2cccc(Cl)c2Cl)C2=C1C[C@@H](c1ccccc1)CC2=O. The van der Waals surface area contributed by atoms with E-state index in [1.54, 1.807) is 16.1 Å². The summed E-state index contributed by atoms with van der Waals surface area (Å²) in [6.07, 6.45) is 1.25. The minimum absolute atomic E-state index is 0.0451. The van der Waals surface area contributed by atoms with Crippen molar-refractivity contribution < 1.29 is 9.59 Å². The second-order valence-electron chi connectivity index (χ2n) is 7.75. The van der Waals surface area contributed by atoms with Crippen molar-refractivity contribution in [3.63, 3.8) is 0 Å². The molecule has 4 rings (SSSR count). The van der Waals surface area contributed by atoms with Crippen molar-refractivity contribution in [1.82, 2.24) is 10.0 Å². The first-order valence-electron chi connectivity index (χ1n) is 9.63. The Bertz CT molecular complexity index is 1000. The second kappa shape index (κ2) is 7.94. The number of Topliss-reactive ketones (excluding diaryl/α,β-unsaturated/α-hetero) is 1. The van der Waals surface area contributed by atoms with Gasteiger partial charge in [0.05, 0.1) is 10.0 Å². The van der Waals surface area contributed by atoms with Crippen molar-refractivity contribution in [2.24, 2.45) is 0 Å². The molecule has 2 aromatic carbocycles. The van der Waals surface area contributed by atoms with Crippen LogP contribution in [-0.4, -0.2) is 35.8 Å². The first-order chi connectivity index (χ1) is 13.9. The smallest absolute Gasteiger partial charge is 0.242 e. The zero-order chi connectivity index (χ0) is 20.7. The maximum Gasteiger partial charge on any atom is 0.242 e. The van der Waals surface area contributed by atoms with Crippen LogP contribution >= 0.6 is 23.2 Å². The molecule has 150 valence electrons. The van der Waals surface area contributed by atoms with Crippen molar-refractivity contribution in [3.8, 4) is 0 Å². The molecule has 4 nitrogen and oxygen atoms in total. The monoisotopic (exact) mass is 428 g/mol. The lowest BCUT2D eigenvalue weighted by Crippen LogP contribution is -2.48. The fourth-order valence-electron chi connectivity index (χ4n) is 4.50. The molecular weight excluding hydrogens is 407 g/mol. The summed E-state index contributed by atoms with van der Waals surface area (Å²) in [5.74, 6) is -0.299. The van der Waals surface area contributed by atoms with Crippen LogP contribution < -0.4 is 0 Å². The molecule has 2 aromatic rings. The highest BCUT2D eigenvalue weighted by Gasteiger charge is 2.43. The Morgan fingerprint density at radius 1 is 0.931 bits per heavy atom. The Morgan fingerprint density at radius 2 is 1.66 bits per heavy atom. The van der Waals surface area contributed by atoms with Gasteiger partial charge >= 0.3 is 0 Å². The minimum Gasteiger partial charge on any atom is -0.294 e. The quantitative estimate of drug-likeness (QED) is 0.675. The van der Waals surface area contributed by atoms with E-state index in [0.717, 1.165) is 16.8 Å². The maximum absolute atomic E-state index is 13.4. The van der Waals surface area contributed by atoms with E-state index in [1.165, 1.54) is 0 Å². The van der Waals surface area contributed by atoms with E-state index in [9.17, 15) is 9.59 Å². The molecule has 2 atom stereocenters. The molecule has 0 bridgehead atoms. The molecule has 6 heteroatoms. The van der Waals surface area contributed by atoms with Crippen molar-refractivity contribution in [1.29, 1.82) is 0 Å². The Kier molecular flexibility index (Phi) is 5.52.